The molecule has 0 radical (unpaired) electrons. The van der Waals surface area contributed by atoms with Crippen molar-refractivity contribution in [1.29, 1.82) is 5.41 Å². The van der Waals surface area contributed by atoms with Crippen LogP contribution >= 0.6 is 0 Å². The van der Waals surface area contributed by atoms with E-state index in [9.17, 15) is 27.9 Å². The summed E-state index contributed by atoms with van der Waals surface area (Å²) in [5, 5.41) is 20.0. The van der Waals surface area contributed by atoms with Crippen LogP contribution in [0.3, 0.4) is 0 Å². The van der Waals surface area contributed by atoms with E-state index >= 15 is 0 Å². The van der Waals surface area contributed by atoms with E-state index in [0.29, 0.717) is 28.6 Å². The fraction of sp³-hybridized carbons (Fsp3) is 0.154. The Bertz CT molecular complexity index is 1460. The molecule has 3 aromatic rings. The quantitative estimate of drug-likeness (QED) is 0.112. The summed E-state index contributed by atoms with van der Waals surface area (Å²) in [6.07, 6.45) is 0.715. The highest BCUT2D eigenvalue weighted by Gasteiger charge is 2.19. The molecule has 0 heterocycles. The Hall–Kier alpha value is -4.75. The Balaban J connectivity index is 0.000000976. The Morgan fingerprint density at radius 1 is 0.974 bits per heavy atom. The SMILES string of the molecule is CCOC(=O)COc1ccc(-c2ccccc2C(=O)Nc2ccc(C(=N)N)cc2)c(C(=O)O)c1.CS(=O)(=O)O. The van der Waals surface area contributed by atoms with Crippen molar-refractivity contribution in [1.82, 2.24) is 0 Å². The van der Waals surface area contributed by atoms with Crippen molar-refractivity contribution in [2.75, 3.05) is 24.8 Å². The lowest BCUT2D eigenvalue weighted by molar-refractivity contribution is -0.145. The van der Waals surface area contributed by atoms with Crippen molar-refractivity contribution in [2.24, 2.45) is 5.73 Å². The summed E-state index contributed by atoms with van der Waals surface area (Å²) < 4.78 is 36.0. The van der Waals surface area contributed by atoms with Crippen LogP contribution in [-0.4, -0.2) is 61.2 Å². The van der Waals surface area contributed by atoms with E-state index in [1.165, 1.54) is 18.2 Å². The van der Waals surface area contributed by atoms with E-state index in [4.69, 9.17) is 25.2 Å². The van der Waals surface area contributed by atoms with Crippen LogP contribution in [0.15, 0.2) is 66.7 Å². The molecule has 0 saturated heterocycles. The van der Waals surface area contributed by atoms with Crippen molar-refractivity contribution >= 4 is 39.5 Å². The number of esters is 1. The van der Waals surface area contributed by atoms with E-state index in [1.807, 2.05) is 0 Å². The number of nitrogens with two attached hydrogens (primary N) is 1. The molecule has 3 rings (SSSR count). The number of carbonyl (C=O) groups is 3. The van der Waals surface area contributed by atoms with Crippen molar-refractivity contribution in [3.63, 3.8) is 0 Å². The average Bonchev–Trinajstić information content (AvgIpc) is 2.87. The third kappa shape index (κ3) is 9.91. The second-order valence-electron chi connectivity index (χ2n) is 7.83. The number of carboxylic acids is 1. The number of rotatable bonds is 9. The first kappa shape index (κ1) is 30.5. The van der Waals surface area contributed by atoms with Gasteiger partial charge in [-0.3, -0.25) is 14.8 Å². The first-order valence-electron chi connectivity index (χ1n) is 11.2. The largest absolute Gasteiger partial charge is 0.482 e. The summed E-state index contributed by atoms with van der Waals surface area (Å²) in [4.78, 5) is 36.5. The molecule has 3 aromatic carbocycles. The minimum Gasteiger partial charge on any atom is -0.482 e. The smallest absolute Gasteiger partial charge is 0.344 e. The predicted molar refractivity (Wildman–Crippen MR) is 144 cm³/mol. The van der Waals surface area contributed by atoms with Crippen LogP contribution < -0.4 is 15.8 Å². The van der Waals surface area contributed by atoms with Gasteiger partial charge in [0, 0.05) is 16.8 Å². The molecule has 6 N–H and O–H groups in total. The number of carbonyl (C=O) groups excluding carboxylic acids is 2. The molecular weight excluding hydrogens is 530 g/mol. The van der Waals surface area contributed by atoms with Crippen LogP contribution in [0.2, 0.25) is 0 Å². The van der Waals surface area contributed by atoms with Crippen LogP contribution in [0.1, 0.15) is 33.2 Å². The molecule has 0 unspecified atom stereocenters. The number of amides is 1. The van der Waals surface area contributed by atoms with Gasteiger partial charge in [-0.25, -0.2) is 9.59 Å². The molecule has 0 bridgehead atoms. The first-order valence-corrected chi connectivity index (χ1v) is 13.1. The number of nitrogens with one attached hydrogen (secondary N) is 2. The molecule has 0 aliphatic rings. The minimum atomic E-state index is -3.67. The molecule has 0 saturated carbocycles. The number of carboxylic acid groups (broad SMARTS) is 1. The summed E-state index contributed by atoms with van der Waals surface area (Å²) in [6.45, 7) is 1.53. The summed E-state index contributed by atoms with van der Waals surface area (Å²) in [5.74, 6) is -2.13. The highest BCUT2D eigenvalue weighted by Crippen LogP contribution is 2.31. The maximum atomic E-state index is 13.0. The van der Waals surface area contributed by atoms with Gasteiger partial charge in [0.1, 0.15) is 11.6 Å². The third-order valence-corrected chi connectivity index (χ3v) is 4.80. The maximum absolute atomic E-state index is 13.0. The molecule has 0 aliphatic heterocycles. The molecule has 1 amide bonds. The predicted octanol–water partition coefficient (Wildman–Crippen LogP) is 3.03. The van der Waals surface area contributed by atoms with Gasteiger partial charge in [0.2, 0.25) is 0 Å². The summed E-state index contributed by atoms with van der Waals surface area (Å²) >= 11 is 0. The third-order valence-electron chi connectivity index (χ3n) is 4.80. The first-order chi connectivity index (χ1) is 18.3. The lowest BCUT2D eigenvalue weighted by Crippen LogP contribution is -2.15. The van der Waals surface area contributed by atoms with E-state index in [1.54, 1.807) is 55.5 Å². The van der Waals surface area contributed by atoms with Crippen molar-refractivity contribution in [3.05, 3.63) is 83.4 Å². The fourth-order valence-corrected chi connectivity index (χ4v) is 3.22. The highest BCUT2D eigenvalue weighted by atomic mass is 32.2. The summed E-state index contributed by atoms with van der Waals surface area (Å²) in [5.41, 5.74) is 7.37. The number of hydrogen-bond donors (Lipinski definition) is 5. The summed E-state index contributed by atoms with van der Waals surface area (Å²) in [7, 11) is -3.67. The second kappa shape index (κ2) is 13.7. The fourth-order valence-electron chi connectivity index (χ4n) is 3.22. The van der Waals surface area contributed by atoms with Gasteiger partial charge in [-0.2, -0.15) is 8.42 Å². The Labute approximate surface area is 224 Å². The Morgan fingerprint density at radius 3 is 2.13 bits per heavy atom. The number of benzene rings is 3. The zero-order valence-corrected chi connectivity index (χ0v) is 21.8. The molecular formula is C26H27N3O9S. The zero-order valence-electron chi connectivity index (χ0n) is 21.0. The van der Waals surface area contributed by atoms with Crippen LogP contribution in [0.4, 0.5) is 5.69 Å². The lowest BCUT2D eigenvalue weighted by Gasteiger charge is -2.14. The molecule has 13 heteroatoms. The Kier molecular flexibility index (Phi) is 10.7. The summed E-state index contributed by atoms with van der Waals surface area (Å²) in [6, 6.07) is 17.4. The van der Waals surface area contributed by atoms with Crippen molar-refractivity contribution in [2.45, 2.75) is 6.92 Å². The highest BCUT2D eigenvalue weighted by molar-refractivity contribution is 7.85. The number of ether oxygens (including phenoxy) is 2. The number of hydrogen-bond acceptors (Lipinski definition) is 8. The van der Waals surface area contributed by atoms with Crippen LogP contribution in [0.25, 0.3) is 11.1 Å². The van der Waals surface area contributed by atoms with E-state index in [-0.39, 0.29) is 35.9 Å². The van der Waals surface area contributed by atoms with Gasteiger partial charge in [0.15, 0.2) is 6.61 Å². The van der Waals surface area contributed by atoms with Gasteiger partial charge in [-0.05, 0) is 66.6 Å². The van der Waals surface area contributed by atoms with Crippen LogP contribution in [-0.2, 0) is 19.6 Å². The normalized spacial score (nSPS) is 10.4. The molecule has 12 nitrogen and oxygen atoms in total. The average molecular weight is 558 g/mol. The van der Waals surface area contributed by atoms with Crippen molar-refractivity contribution < 1.29 is 41.9 Å². The molecule has 0 aromatic heterocycles. The number of anilines is 1. The van der Waals surface area contributed by atoms with E-state index in [2.05, 4.69) is 5.32 Å². The van der Waals surface area contributed by atoms with Gasteiger partial charge in [-0.1, -0.05) is 18.2 Å². The minimum absolute atomic E-state index is 0.0842. The van der Waals surface area contributed by atoms with E-state index < -0.39 is 28.0 Å². The molecule has 206 valence electrons. The number of aromatic carboxylic acids is 1. The molecule has 0 aliphatic carbocycles. The number of amidine groups is 1. The standard InChI is InChI=1S/C25H23N3O6.CH4O3S/c1-2-33-22(29)14-34-17-11-12-19(21(13-17)25(31)32)18-5-3-4-6-20(18)24(30)28-16-9-7-15(8-10-16)23(26)27;1-5(2,3)4/h3-13H,2,14H2,1H3,(H3,26,27)(H,28,30)(H,31,32);1H3,(H,2,3,4). The van der Waals surface area contributed by atoms with Gasteiger partial charge >= 0.3 is 11.9 Å². The second-order valence-corrected chi connectivity index (χ2v) is 9.30. The molecule has 0 atom stereocenters. The van der Waals surface area contributed by atoms with Gasteiger partial charge in [0.25, 0.3) is 16.0 Å². The number of nitrogen functional groups attached to an aromatic ring is 1. The van der Waals surface area contributed by atoms with Gasteiger partial charge < -0.3 is 25.6 Å². The molecule has 39 heavy (non-hydrogen) atoms. The monoisotopic (exact) mass is 557 g/mol. The Morgan fingerprint density at radius 2 is 1.56 bits per heavy atom. The lowest BCUT2D eigenvalue weighted by atomic mass is 9.94. The van der Waals surface area contributed by atoms with Crippen LogP contribution in [0.5, 0.6) is 5.75 Å². The molecule has 0 spiro atoms. The van der Waals surface area contributed by atoms with Gasteiger partial charge in [0.05, 0.1) is 18.4 Å². The van der Waals surface area contributed by atoms with E-state index in [0.717, 1.165) is 0 Å². The zero-order chi connectivity index (χ0) is 29.2. The topological polar surface area (TPSA) is 206 Å². The van der Waals surface area contributed by atoms with Crippen molar-refractivity contribution in [3.8, 4) is 16.9 Å². The molecule has 0 fully saturated rings. The van der Waals surface area contributed by atoms with Crippen LogP contribution in [0, 0.1) is 5.41 Å². The maximum Gasteiger partial charge on any atom is 0.344 e. The van der Waals surface area contributed by atoms with Gasteiger partial charge in [-0.15, -0.1) is 0 Å².